The molecule has 0 saturated heterocycles. The van der Waals surface area contributed by atoms with Gasteiger partial charge in [-0.25, -0.2) is 0 Å². The Morgan fingerprint density at radius 3 is 2.17 bits per heavy atom. The number of benzene rings is 1. The van der Waals surface area contributed by atoms with Crippen molar-refractivity contribution in [2.24, 2.45) is 5.92 Å². The molecule has 0 aliphatic rings. The first-order valence-electron chi connectivity index (χ1n) is 9.97. The Morgan fingerprint density at radius 1 is 1.13 bits per heavy atom. The molecule has 2 rings (SSSR count). The average Bonchev–Trinajstić information content (AvgIpc) is 2.84. The zero-order valence-corrected chi connectivity index (χ0v) is 21.1. The van der Waals surface area contributed by atoms with Gasteiger partial charge in [0.15, 0.2) is 0 Å². The van der Waals surface area contributed by atoms with Gasteiger partial charge >= 0.3 is 0 Å². The van der Waals surface area contributed by atoms with Gasteiger partial charge < -0.3 is 9.67 Å². The van der Waals surface area contributed by atoms with E-state index in [-0.39, 0.29) is 6.61 Å². The smallest absolute Gasteiger partial charge is 0.0835 e. The Balaban J connectivity index is 0.00000103. The second kappa shape index (κ2) is 13.1. The summed E-state index contributed by atoms with van der Waals surface area (Å²) >= 11 is 13.6. The van der Waals surface area contributed by atoms with E-state index in [4.69, 9.17) is 23.2 Å². The van der Waals surface area contributed by atoms with Gasteiger partial charge in [0.2, 0.25) is 0 Å². The van der Waals surface area contributed by atoms with Crippen molar-refractivity contribution in [3.05, 3.63) is 86.4 Å². The third kappa shape index (κ3) is 8.77. The van der Waals surface area contributed by atoms with E-state index in [1.165, 1.54) is 5.56 Å². The first kappa shape index (κ1) is 26.6. The van der Waals surface area contributed by atoms with Crippen LogP contribution in [0.15, 0.2) is 69.1 Å². The number of thioether (sulfide) groups is 1. The van der Waals surface area contributed by atoms with E-state index in [0.29, 0.717) is 10.1 Å². The van der Waals surface area contributed by atoms with Gasteiger partial charge in [-0.3, -0.25) is 0 Å². The molecule has 0 radical (unpaired) electrons. The standard InChI is InChI=1S/C21H23Cl2NOS.C4H10/c1-14(22)10-19(11-15(2)23)26-21-16(3)20(13-25)17(4)24(21)12-18-8-6-5-7-9-18;1-4(2)3/h5-11,25H,1,12-13H2,2-4H3;4H,1-3H3/b15-11+,19-10+;. The summed E-state index contributed by atoms with van der Waals surface area (Å²) in [6.07, 6.45) is 3.67. The van der Waals surface area contributed by atoms with Crippen LogP contribution in [-0.4, -0.2) is 9.67 Å². The molecule has 0 amide bonds. The highest BCUT2D eigenvalue weighted by atomic mass is 35.5. The quantitative estimate of drug-likeness (QED) is 0.329. The van der Waals surface area contributed by atoms with Crippen LogP contribution < -0.4 is 0 Å². The third-order valence-electron chi connectivity index (χ3n) is 4.06. The Kier molecular flexibility index (Phi) is 11.6. The maximum atomic E-state index is 9.82. The van der Waals surface area contributed by atoms with E-state index in [1.54, 1.807) is 17.8 Å². The zero-order chi connectivity index (χ0) is 22.8. The van der Waals surface area contributed by atoms with E-state index in [0.717, 1.165) is 39.2 Å². The maximum Gasteiger partial charge on any atom is 0.0835 e. The molecule has 1 aromatic carbocycles. The van der Waals surface area contributed by atoms with Gasteiger partial charge in [0.25, 0.3) is 0 Å². The van der Waals surface area contributed by atoms with Crippen LogP contribution in [0.1, 0.15) is 50.1 Å². The first-order valence-corrected chi connectivity index (χ1v) is 11.5. The summed E-state index contributed by atoms with van der Waals surface area (Å²) in [7, 11) is 0. The number of hydrogen-bond donors (Lipinski definition) is 1. The average molecular weight is 467 g/mol. The lowest BCUT2D eigenvalue weighted by Crippen LogP contribution is -2.04. The molecule has 30 heavy (non-hydrogen) atoms. The normalized spacial score (nSPS) is 12.1. The highest BCUT2D eigenvalue weighted by molar-refractivity contribution is 8.03. The molecule has 1 heterocycles. The van der Waals surface area contributed by atoms with Crippen LogP contribution >= 0.6 is 35.0 Å². The van der Waals surface area contributed by atoms with Crippen LogP contribution in [0.2, 0.25) is 0 Å². The molecule has 164 valence electrons. The Morgan fingerprint density at radius 2 is 1.70 bits per heavy atom. The number of rotatable bonds is 7. The van der Waals surface area contributed by atoms with E-state index < -0.39 is 0 Å². The lowest BCUT2D eigenvalue weighted by molar-refractivity contribution is 0.280. The molecule has 0 spiro atoms. The van der Waals surface area contributed by atoms with Crippen LogP contribution in [0.3, 0.4) is 0 Å². The summed E-state index contributed by atoms with van der Waals surface area (Å²) < 4.78 is 2.23. The lowest BCUT2D eigenvalue weighted by atomic mass is 10.2. The summed E-state index contributed by atoms with van der Waals surface area (Å²) in [6.45, 7) is 16.9. The number of aromatic nitrogens is 1. The number of allylic oxidation sites excluding steroid dienone is 4. The van der Waals surface area contributed by atoms with Crippen molar-refractivity contribution in [1.29, 1.82) is 0 Å². The van der Waals surface area contributed by atoms with Crippen molar-refractivity contribution in [2.45, 2.75) is 59.7 Å². The minimum Gasteiger partial charge on any atom is -0.392 e. The molecule has 0 fully saturated rings. The molecule has 1 aromatic heterocycles. The molecular weight excluding hydrogens is 433 g/mol. The highest BCUT2D eigenvalue weighted by Crippen LogP contribution is 2.37. The topological polar surface area (TPSA) is 25.2 Å². The fraction of sp³-hybridized carbons (Fsp3) is 0.360. The Hall–Kier alpha value is -1.39. The van der Waals surface area contributed by atoms with Gasteiger partial charge in [-0.1, -0.05) is 92.6 Å². The van der Waals surface area contributed by atoms with Crippen LogP contribution in [0.4, 0.5) is 0 Å². The third-order valence-corrected chi connectivity index (χ3v) is 5.47. The minimum atomic E-state index is 0.0126. The molecule has 0 atom stereocenters. The van der Waals surface area contributed by atoms with Crippen LogP contribution in [0, 0.1) is 19.8 Å². The molecule has 1 N–H and O–H groups in total. The fourth-order valence-electron chi connectivity index (χ4n) is 2.80. The van der Waals surface area contributed by atoms with Gasteiger partial charge in [-0.15, -0.1) is 0 Å². The molecule has 0 aliphatic carbocycles. The maximum absolute atomic E-state index is 9.82. The number of nitrogens with zero attached hydrogens (tertiary/aromatic N) is 1. The lowest BCUT2D eigenvalue weighted by Gasteiger charge is -2.13. The van der Waals surface area contributed by atoms with Crippen molar-refractivity contribution in [2.75, 3.05) is 0 Å². The molecule has 0 unspecified atom stereocenters. The van der Waals surface area contributed by atoms with Crippen molar-refractivity contribution < 1.29 is 5.11 Å². The molecule has 2 aromatic rings. The molecule has 5 heteroatoms. The van der Waals surface area contributed by atoms with E-state index in [9.17, 15) is 5.11 Å². The van der Waals surface area contributed by atoms with Crippen molar-refractivity contribution in [1.82, 2.24) is 4.57 Å². The monoisotopic (exact) mass is 465 g/mol. The van der Waals surface area contributed by atoms with Gasteiger partial charge in [0.1, 0.15) is 0 Å². The highest BCUT2D eigenvalue weighted by Gasteiger charge is 2.18. The fourth-order valence-corrected chi connectivity index (χ4v) is 4.41. The van der Waals surface area contributed by atoms with Crippen LogP contribution in [-0.2, 0) is 13.2 Å². The summed E-state index contributed by atoms with van der Waals surface area (Å²) in [6, 6.07) is 10.3. The SMILES string of the molecule is C=C(Cl)/C=C(\C=C(/C)Cl)Sc1c(C)c(CO)c(C)n1Cc1ccccc1.CC(C)C. The number of aliphatic hydroxyl groups excluding tert-OH is 1. The predicted molar refractivity (Wildman–Crippen MR) is 134 cm³/mol. The van der Waals surface area contributed by atoms with Crippen molar-refractivity contribution >= 4 is 35.0 Å². The molecule has 2 nitrogen and oxygen atoms in total. The van der Waals surface area contributed by atoms with Gasteiger partial charge in [-0.05, 0) is 50.0 Å². The summed E-state index contributed by atoms with van der Waals surface area (Å²) in [5.41, 5.74) is 4.29. The van der Waals surface area contributed by atoms with Gasteiger partial charge in [-0.2, -0.15) is 0 Å². The molecule has 0 saturated carbocycles. The number of halogens is 2. The predicted octanol–water partition coefficient (Wildman–Crippen LogP) is 8.18. The second-order valence-corrected chi connectivity index (χ2v) is 9.93. The summed E-state index contributed by atoms with van der Waals surface area (Å²) in [4.78, 5) is 0.900. The van der Waals surface area contributed by atoms with Crippen LogP contribution in [0.5, 0.6) is 0 Å². The van der Waals surface area contributed by atoms with Gasteiger partial charge in [0, 0.05) is 32.8 Å². The Bertz CT molecular complexity index is 889. The van der Waals surface area contributed by atoms with Crippen LogP contribution in [0.25, 0.3) is 0 Å². The second-order valence-electron chi connectivity index (χ2n) is 7.78. The van der Waals surface area contributed by atoms with E-state index in [2.05, 4.69) is 44.0 Å². The summed E-state index contributed by atoms with van der Waals surface area (Å²) in [5, 5.41) is 12.0. The minimum absolute atomic E-state index is 0.0126. The Labute approximate surface area is 196 Å². The van der Waals surface area contributed by atoms with Crippen molar-refractivity contribution in [3.8, 4) is 0 Å². The van der Waals surface area contributed by atoms with Gasteiger partial charge in [0.05, 0.1) is 11.6 Å². The molecule has 0 aliphatic heterocycles. The molecular formula is C25H33Cl2NOS. The number of hydrogen-bond acceptors (Lipinski definition) is 2. The summed E-state index contributed by atoms with van der Waals surface area (Å²) in [5.74, 6) is 0.833. The largest absolute Gasteiger partial charge is 0.392 e. The number of aliphatic hydroxyl groups is 1. The van der Waals surface area contributed by atoms with E-state index in [1.807, 2.05) is 45.0 Å². The zero-order valence-electron chi connectivity index (χ0n) is 18.8. The van der Waals surface area contributed by atoms with E-state index >= 15 is 0 Å². The molecule has 0 bridgehead atoms. The first-order chi connectivity index (χ1) is 14.1. The van der Waals surface area contributed by atoms with Crippen molar-refractivity contribution in [3.63, 3.8) is 0 Å².